The molecule has 0 bridgehead atoms. The molecular formula is C19H26O5. The summed E-state index contributed by atoms with van der Waals surface area (Å²) in [5.74, 6) is -0.657. The van der Waals surface area contributed by atoms with E-state index < -0.39 is 12.1 Å². The summed E-state index contributed by atoms with van der Waals surface area (Å²) in [6, 6.07) is 10.1. The lowest BCUT2D eigenvalue weighted by atomic mass is 10.1. The molecule has 1 aromatic carbocycles. The largest absolute Gasteiger partial charge is 0.396 e. The van der Waals surface area contributed by atoms with Gasteiger partial charge < -0.3 is 24.1 Å². The first-order chi connectivity index (χ1) is 11.6. The van der Waals surface area contributed by atoms with Gasteiger partial charge in [0.1, 0.15) is 18.3 Å². The SMILES string of the molecule is CC1(C)O[C@H]2O[C@H](/C=C/CCCO)[C@H](OCc3ccccc3)[C@H]2O1. The van der Waals surface area contributed by atoms with Crippen LogP contribution < -0.4 is 0 Å². The maximum absolute atomic E-state index is 8.88. The summed E-state index contributed by atoms with van der Waals surface area (Å²) < 4.78 is 23.9. The van der Waals surface area contributed by atoms with Crippen LogP contribution in [0.2, 0.25) is 0 Å². The Hall–Kier alpha value is -1.24. The Morgan fingerprint density at radius 3 is 2.75 bits per heavy atom. The first-order valence-electron chi connectivity index (χ1n) is 8.53. The van der Waals surface area contributed by atoms with Crippen LogP contribution >= 0.6 is 0 Å². The highest BCUT2D eigenvalue weighted by Crippen LogP contribution is 2.39. The molecule has 132 valence electrons. The fourth-order valence-electron chi connectivity index (χ4n) is 3.05. The second-order valence-electron chi connectivity index (χ2n) is 6.62. The van der Waals surface area contributed by atoms with E-state index in [-0.39, 0.29) is 24.9 Å². The molecule has 3 rings (SSSR count). The predicted molar refractivity (Wildman–Crippen MR) is 89.2 cm³/mol. The third kappa shape index (κ3) is 4.23. The van der Waals surface area contributed by atoms with Gasteiger partial charge in [0.2, 0.25) is 0 Å². The maximum Gasteiger partial charge on any atom is 0.190 e. The van der Waals surface area contributed by atoms with Gasteiger partial charge in [-0.3, -0.25) is 0 Å². The van der Waals surface area contributed by atoms with Gasteiger partial charge in [-0.05, 0) is 32.3 Å². The lowest BCUT2D eigenvalue weighted by molar-refractivity contribution is -0.213. The lowest BCUT2D eigenvalue weighted by Crippen LogP contribution is -2.36. The van der Waals surface area contributed by atoms with Crippen molar-refractivity contribution >= 4 is 0 Å². The molecule has 2 fully saturated rings. The highest BCUT2D eigenvalue weighted by atomic mass is 16.8. The van der Waals surface area contributed by atoms with Crippen LogP contribution in [0.1, 0.15) is 32.3 Å². The standard InChI is InChI=1S/C19H26O5/c1-19(2)23-17-16(21-13-14-9-5-3-6-10-14)15(22-18(17)24-19)11-7-4-8-12-20/h3,5-7,9-11,15-18,20H,4,8,12-13H2,1-2H3/b11-7+/t15-,16+,17-,18-/m1/s1. The smallest absolute Gasteiger partial charge is 0.190 e. The number of aliphatic hydroxyl groups is 1. The molecular weight excluding hydrogens is 308 g/mol. The fraction of sp³-hybridized carbons (Fsp3) is 0.579. The van der Waals surface area contributed by atoms with Crippen molar-refractivity contribution in [3.63, 3.8) is 0 Å². The molecule has 0 radical (unpaired) electrons. The molecule has 1 N–H and O–H groups in total. The number of benzene rings is 1. The number of hydrogen-bond donors (Lipinski definition) is 1. The number of hydrogen-bond acceptors (Lipinski definition) is 5. The van der Waals surface area contributed by atoms with Gasteiger partial charge in [-0.25, -0.2) is 0 Å². The topological polar surface area (TPSA) is 57.2 Å². The summed E-state index contributed by atoms with van der Waals surface area (Å²) in [6.07, 6.45) is 4.48. The summed E-state index contributed by atoms with van der Waals surface area (Å²) in [7, 11) is 0. The summed E-state index contributed by atoms with van der Waals surface area (Å²) in [5.41, 5.74) is 1.11. The van der Waals surface area contributed by atoms with Gasteiger partial charge in [-0.2, -0.15) is 0 Å². The van der Waals surface area contributed by atoms with Crippen LogP contribution in [0, 0.1) is 0 Å². The Balaban J connectivity index is 1.65. The summed E-state index contributed by atoms with van der Waals surface area (Å²) in [4.78, 5) is 0. The lowest BCUT2D eigenvalue weighted by Gasteiger charge is -2.24. The molecule has 24 heavy (non-hydrogen) atoms. The third-order valence-electron chi connectivity index (χ3n) is 4.17. The fourth-order valence-corrected chi connectivity index (χ4v) is 3.05. The van der Waals surface area contributed by atoms with Gasteiger partial charge in [-0.15, -0.1) is 0 Å². The Morgan fingerprint density at radius 2 is 2.00 bits per heavy atom. The van der Waals surface area contributed by atoms with Crippen LogP contribution in [-0.2, 0) is 25.6 Å². The number of allylic oxidation sites excluding steroid dienone is 1. The molecule has 0 spiro atoms. The van der Waals surface area contributed by atoms with E-state index in [1.807, 2.05) is 56.3 Å². The molecule has 2 aliphatic heterocycles. The number of fused-ring (bicyclic) bond motifs is 1. The summed E-state index contributed by atoms with van der Waals surface area (Å²) in [6.45, 7) is 4.46. The molecule has 5 heteroatoms. The third-order valence-corrected chi connectivity index (χ3v) is 4.17. The highest BCUT2D eigenvalue weighted by Gasteiger charge is 2.54. The Morgan fingerprint density at radius 1 is 1.21 bits per heavy atom. The van der Waals surface area contributed by atoms with Crippen LogP contribution in [0.3, 0.4) is 0 Å². The van der Waals surface area contributed by atoms with Gasteiger partial charge >= 0.3 is 0 Å². The molecule has 4 atom stereocenters. The number of unbranched alkanes of at least 4 members (excludes halogenated alkanes) is 1. The molecule has 2 saturated heterocycles. The van der Waals surface area contributed by atoms with Crippen LogP contribution in [-0.4, -0.2) is 42.1 Å². The predicted octanol–water partition coefficient (Wildman–Crippen LogP) is 2.78. The number of ether oxygens (including phenoxy) is 4. The van der Waals surface area contributed by atoms with Crippen molar-refractivity contribution < 1.29 is 24.1 Å². The highest BCUT2D eigenvalue weighted by molar-refractivity contribution is 5.14. The zero-order chi connectivity index (χ0) is 17.0. The van der Waals surface area contributed by atoms with E-state index in [4.69, 9.17) is 24.1 Å². The van der Waals surface area contributed by atoms with Gasteiger partial charge in [-0.1, -0.05) is 42.5 Å². The maximum atomic E-state index is 8.88. The number of rotatable bonds is 7. The van der Waals surface area contributed by atoms with Crippen molar-refractivity contribution in [2.75, 3.05) is 6.61 Å². The molecule has 0 aliphatic carbocycles. The van der Waals surface area contributed by atoms with E-state index in [1.165, 1.54) is 0 Å². The van der Waals surface area contributed by atoms with Crippen molar-refractivity contribution in [3.8, 4) is 0 Å². The van der Waals surface area contributed by atoms with Crippen molar-refractivity contribution in [2.45, 2.75) is 63.7 Å². The van der Waals surface area contributed by atoms with Gasteiger partial charge in [0.25, 0.3) is 0 Å². The molecule has 2 aliphatic rings. The van der Waals surface area contributed by atoms with E-state index in [0.717, 1.165) is 18.4 Å². The van der Waals surface area contributed by atoms with Crippen LogP contribution in [0.4, 0.5) is 0 Å². The van der Waals surface area contributed by atoms with Crippen LogP contribution in [0.5, 0.6) is 0 Å². The van der Waals surface area contributed by atoms with Gasteiger partial charge in [0.05, 0.1) is 6.61 Å². The van der Waals surface area contributed by atoms with Crippen molar-refractivity contribution in [3.05, 3.63) is 48.0 Å². The zero-order valence-electron chi connectivity index (χ0n) is 14.3. The normalized spacial score (nSPS) is 31.6. The zero-order valence-corrected chi connectivity index (χ0v) is 14.3. The van der Waals surface area contributed by atoms with E-state index in [9.17, 15) is 0 Å². The quantitative estimate of drug-likeness (QED) is 0.614. The summed E-state index contributed by atoms with van der Waals surface area (Å²) in [5, 5.41) is 8.88. The van der Waals surface area contributed by atoms with Crippen molar-refractivity contribution in [1.82, 2.24) is 0 Å². The first kappa shape index (κ1) is 17.6. The molecule has 0 amide bonds. The molecule has 1 aromatic rings. The Kier molecular flexibility index (Phi) is 5.69. The minimum absolute atomic E-state index is 0.190. The van der Waals surface area contributed by atoms with Gasteiger partial charge in [0.15, 0.2) is 12.1 Å². The Labute approximate surface area is 143 Å². The average molecular weight is 334 g/mol. The van der Waals surface area contributed by atoms with E-state index >= 15 is 0 Å². The van der Waals surface area contributed by atoms with Crippen molar-refractivity contribution in [1.29, 1.82) is 0 Å². The molecule has 0 saturated carbocycles. The van der Waals surface area contributed by atoms with Crippen LogP contribution in [0.15, 0.2) is 42.5 Å². The molecule has 0 unspecified atom stereocenters. The molecule has 0 aromatic heterocycles. The molecule has 2 heterocycles. The number of aliphatic hydroxyl groups excluding tert-OH is 1. The second kappa shape index (κ2) is 7.76. The minimum atomic E-state index is -0.657. The van der Waals surface area contributed by atoms with Crippen LogP contribution in [0.25, 0.3) is 0 Å². The first-order valence-corrected chi connectivity index (χ1v) is 8.53. The van der Waals surface area contributed by atoms with Gasteiger partial charge in [0, 0.05) is 6.61 Å². The second-order valence-corrected chi connectivity index (χ2v) is 6.62. The van der Waals surface area contributed by atoms with E-state index in [1.54, 1.807) is 0 Å². The summed E-state index contributed by atoms with van der Waals surface area (Å²) >= 11 is 0. The monoisotopic (exact) mass is 334 g/mol. The molecule has 5 nitrogen and oxygen atoms in total. The average Bonchev–Trinajstić information content (AvgIpc) is 3.02. The van der Waals surface area contributed by atoms with E-state index in [0.29, 0.717) is 6.61 Å². The van der Waals surface area contributed by atoms with E-state index in [2.05, 4.69) is 0 Å². The minimum Gasteiger partial charge on any atom is -0.396 e. The Bertz CT molecular complexity index is 542. The van der Waals surface area contributed by atoms with Crippen molar-refractivity contribution in [2.24, 2.45) is 0 Å².